The summed E-state index contributed by atoms with van der Waals surface area (Å²) in [6, 6.07) is 14.0. The van der Waals surface area contributed by atoms with Crippen LogP contribution in [-0.4, -0.2) is 45.7 Å². The molecular formula is C22H22BrN5O2. The lowest BCUT2D eigenvalue weighted by Gasteiger charge is -2.22. The zero-order valence-electron chi connectivity index (χ0n) is 16.4. The highest BCUT2D eigenvalue weighted by Gasteiger charge is 2.18. The van der Waals surface area contributed by atoms with Crippen molar-refractivity contribution < 1.29 is 9.90 Å². The second kappa shape index (κ2) is 9.21. The summed E-state index contributed by atoms with van der Waals surface area (Å²) in [5.41, 5.74) is 3.40. The maximum atomic E-state index is 10.9. The number of aromatic nitrogens is 3. The van der Waals surface area contributed by atoms with Gasteiger partial charge in [0.1, 0.15) is 17.3 Å². The van der Waals surface area contributed by atoms with Crippen molar-refractivity contribution in [3.05, 3.63) is 64.3 Å². The normalized spacial score (nSPS) is 13.4. The van der Waals surface area contributed by atoms with Gasteiger partial charge in [0, 0.05) is 36.4 Å². The summed E-state index contributed by atoms with van der Waals surface area (Å²) in [4.78, 5) is 26.8. The molecule has 8 heteroatoms. The van der Waals surface area contributed by atoms with Crippen molar-refractivity contribution in [2.75, 3.05) is 29.9 Å². The molecule has 30 heavy (non-hydrogen) atoms. The first kappa shape index (κ1) is 20.3. The average molecular weight is 468 g/mol. The lowest BCUT2D eigenvalue weighted by molar-refractivity contribution is -0.136. The Balaban J connectivity index is 1.62. The summed E-state index contributed by atoms with van der Waals surface area (Å²) in [5, 5.41) is 12.0. The van der Waals surface area contributed by atoms with Crippen LogP contribution in [-0.2, 0) is 17.6 Å². The van der Waals surface area contributed by atoms with Crippen LogP contribution in [0.5, 0.6) is 0 Å². The van der Waals surface area contributed by atoms with Gasteiger partial charge in [0.05, 0.1) is 6.42 Å². The standard InChI is InChI=1S/C22H22BrN5O2/c23-17-5-4-15-7-11-28(12-8-16(15)13-17)20-14-19(25-10-6-21(29)30)26-22(27-20)18-3-1-2-9-24-18/h1-5,9,13-14H,6-8,10-12H2,(H,29,30)(H,25,26,27). The number of nitrogens with zero attached hydrogens (tertiary/aromatic N) is 4. The Labute approximate surface area is 183 Å². The Kier molecular flexibility index (Phi) is 6.23. The monoisotopic (exact) mass is 467 g/mol. The molecule has 2 N–H and O–H groups in total. The largest absolute Gasteiger partial charge is 0.481 e. The van der Waals surface area contributed by atoms with Crippen molar-refractivity contribution in [2.24, 2.45) is 0 Å². The second-order valence-corrected chi connectivity index (χ2v) is 8.04. The Morgan fingerprint density at radius 1 is 1.10 bits per heavy atom. The van der Waals surface area contributed by atoms with E-state index in [1.165, 1.54) is 11.1 Å². The maximum Gasteiger partial charge on any atom is 0.305 e. The molecule has 0 fully saturated rings. The fourth-order valence-electron chi connectivity index (χ4n) is 3.52. The lowest BCUT2D eigenvalue weighted by atomic mass is 10.0. The minimum atomic E-state index is -0.849. The Morgan fingerprint density at radius 3 is 2.70 bits per heavy atom. The highest BCUT2D eigenvalue weighted by atomic mass is 79.9. The molecule has 0 unspecified atom stereocenters. The number of nitrogens with one attached hydrogen (secondary N) is 1. The van der Waals surface area contributed by atoms with Crippen molar-refractivity contribution in [3.63, 3.8) is 0 Å². The fourth-order valence-corrected chi connectivity index (χ4v) is 3.93. The quantitative estimate of drug-likeness (QED) is 0.569. The SMILES string of the molecule is O=C(O)CCNc1cc(N2CCc3ccc(Br)cc3CC2)nc(-c2ccccn2)n1. The van der Waals surface area contributed by atoms with Gasteiger partial charge in [-0.25, -0.2) is 9.97 Å². The highest BCUT2D eigenvalue weighted by molar-refractivity contribution is 9.10. The van der Waals surface area contributed by atoms with Crippen molar-refractivity contribution in [1.29, 1.82) is 0 Å². The van der Waals surface area contributed by atoms with Crippen LogP contribution in [0.2, 0.25) is 0 Å². The predicted octanol–water partition coefficient (Wildman–Crippen LogP) is 3.79. The van der Waals surface area contributed by atoms with Gasteiger partial charge in [0.15, 0.2) is 5.82 Å². The Hall–Kier alpha value is -3.00. The van der Waals surface area contributed by atoms with Crippen LogP contribution >= 0.6 is 15.9 Å². The van der Waals surface area contributed by atoms with E-state index in [2.05, 4.69) is 54.3 Å². The number of halogens is 1. The molecule has 3 heterocycles. The number of fused-ring (bicyclic) bond motifs is 1. The second-order valence-electron chi connectivity index (χ2n) is 7.12. The van der Waals surface area contributed by atoms with Gasteiger partial charge in [-0.1, -0.05) is 28.1 Å². The van der Waals surface area contributed by atoms with E-state index >= 15 is 0 Å². The fraction of sp³-hybridized carbons (Fsp3) is 0.273. The average Bonchev–Trinajstić information content (AvgIpc) is 2.96. The van der Waals surface area contributed by atoms with Crippen molar-refractivity contribution in [1.82, 2.24) is 15.0 Å². The van der Waals surface area contributed by atoms with Gasteiger partial charge in [-0.3, -0.25) is 9.78 Å². The van der Waals surface area contributed by atoms with Gasteiger partial charge in [0.25, 0.3) is 0 Å². The third-order valence-corrected chi connectivity index (χ3v) is 5.54. The molecule has 1 aliphatic rings. The first-order valence-corrected chi connectivity index (χ1v) is 10.7. The Bertz CT molecular complexity index is 1040. The number of benzene rings is 1. The van der Waals surface area contributed by atoms with Crippen LogP contribution < -0.4 is 10.2 Å². The number of carboxylic acid groups (broad SMARTS) is 1. The Morgan fingerprint density at radius 2 is 1.93 bits per heavy atom. The first-order valence-electron chi connectivity index (χ1n) is 9.87. The van der Waals surface area contributed by atoms with Crippen molar-refractivity contribution in [3.8, 4) is 11.5 Å². The molecule has 0 spiro atoms. The molecule has 0 amide bonds. The first-order chi connectivity index (χ1) is 14.6. The molecule has 7 nitrogen and oxygen atoms in total. The minimum absolute atomic E-state index is 0.0200. The third kappa shape index (κ3) is 4.94. The highest BCUT2D eigenvalue weighted by Crippen LogP contribution is 2.26. The maximum absolute atomic E-state index is 10.9. The summed E-state index contributed by atoms with van der Waals surface area (Å²) in [6.07, 6.45) is 3.60. The molecule has 4 rings (SSSR count). The molecule has 0 bridgehead atoms. The zero-order valence-corrected chi connectivity index (χ0v) is 18.0. The van der Waals surface area contributed by atoms with E-state index in [9.17, 15) is 4.79 Å². The van der Waals surface area contributed by atoms with E-state index in [0.717, 1.165) is 36.2 Å². The summed E-state index contributed by atoms with van der Waals surface area (Å²) in [6.45, 7) is 1.99. The van der Waals surface area contributed by atoms with E-state index in [4.69, 9.17) is 10.1 Å². The molecule has 154 valence electrons. The molecule has 3 aromatic rings. The van der Waals surface area contributed by atoms with Crippen LogP contribution in [0, 0.1) is 0 Å². The van der Waals surface area contributed by atoms with Gasteiger partial charge in [0.2, 0.25) is 0 Å². The van der Waals surface area contributed by atoms with E-state index in [1.54, 1.807) is 6.20 Å². The van der Waals surface area contributed by atoms with Crippen LogP contribution in [0.1, 0.15) is 17.5 Å². The van der Waals surface area contributed by atoms with Gasteiger partial charge in [-0.15, -0.1) is 0 Å². The topological polar surface area (TPSA) is 91.2 Å². The van der Waals surface area contributed by atoms with Gasteiger partial charge in [-0.05, 0) is 48.2 Å². The van der Waals surface area contributed by atoms with Crippen LogP contribution in [0.4, 0.5) is 11.6 Å². The van der Waals surface area contributed by atoms with Crippen molar-refractivity contribution in [2.45, 2.75) is 19.3 Å². The molecule has 1 aromatic carbocycles. The summed E-state index contributed by atoms with van der Waals surface area (Å²) in [5.74, 6) is 1.09. The molecule has 2 aromatic heterocycles. The molecule has 0 atom stereocenters. The van der Waals surface area contributed by atoms with E-state index in [0.29, 0.717) is 23.9 Å². The van der Waals surface area contributed by atoms with Gasteiger partial charge in [-0.2, -0.15) is 0 Å². The number of anilines is 2. The van der Waals surface area contributed by atoms with Gasteiger partial charge < -0.3 is 15.3 Å². The lowest BCUT2D eigenvalue weighted by Crippen LogP contribution is -2.27. The minimum Gasteiger partial charge on any atom is -0.481 e. The van der Waals surface area contributed by atoms with E-state index < -0.39 is 5.97 Å². The summed E-state index contributed by atoms with van der Waals surface area (Å²) >= 11 is 3.56. The molecule has 1 aliphatic heterocycles. The van der Waals surface area contributed by atoms with Crippen molar-refractivity contribution >= 4 is 33.5 Å². The number of aliphatic carboxylic acids is 1. The molecule has 0 radical (unpaired) electrons. The molecule has 0 aliphatic carbocycles. The number of hydrogen-bond acceptors (Lipinski definition) is 6. The van der Waals surface area contributed by atoms with Crippen LogP contribution in [0.15, 0.2) is 53.1 Å². The number of pyridine rings is 1. The third-order valence-electron chi connectivity index (χ3n) is 5.05. The molecule has 0 saturated carbocycles. The predicted molar refractivity (Wildman–Crippen MR) is 120 cm³/mol. The summed E-state index contributed by atoms with van der Waals surface area (Å²) in [7, 11) is 0. The number of carboxylic acids is 1. The molecular weight excluding hydrogens is 446 g/mol. The summed E-state index contributed by atoms with van der Waals surface area (Å²) < 4.78 is 1.10. The smallest absolute Gasteiger partial charge is 0.305 e. The molecule has 0 saturated heterocycles. The number of rotatable bonds is 6. The zero-order chi connectivity index (χ0) is 20.9. The number of carbonyl (C=O) groups is 1. The van der Waals surface area contributed by atoms with Crippen LogP contribution in [0.3, 0.4) is 0 Å². The number of hydrogen-bond donors (Lipinski definition) is 2. The van der Waals surface area contributed by atoms with Gasteiger partial charge >= 0.3 is 5.97 Å². The van der Waals surface area contributed by atoms with E-state index in [1.807, 2.05) is 24.3 Å². The van der Waals surface area contributed by atoms with Crippen LogP contribution in [0.25, 0.3) is 11.5 Å². The van der Waals surface area contributed by atoms with E-state index in [-0.39, 0.29) is 6.42 Å².